The average Bonchev–Trinajstić information content (AvgIpc) is 3.08. The lowest BCUT2D eigenvalue weighted by Crippen LogP contribution is -2.12. The van der Waals surface area contributed by atoms with Crippen LogP contribution in [0, 0.1) is 13.8 Å². The van der Waals surface area contributed by atoms with Gasteiger partial charge in [0.15, 0.2) is 5.13 Å². The number of nitrogens with zero attached hydrogens (tertiary/aromatic N) is 2. The molecule has 2 heterocycles. The molecule has 0 unspecified atom stereocenters. The highest BCUT2D eigenvalue weighted by Crippen LogP contribution is 2.22. The van der Waals surface area contributed by atoms with Crippen molar-refractivity contribution in [3.63, 3.8) is 0 Å². The minimum Gasteiger partial charge on any atom is -0.318 e. The SMILES string of the molecule is Cc1cc(C(=O)Nc2nccs2)c(C)n1-c1ccccc1. The third-order valence-electron chi connectivity index (χ3n) is 3.34. The highest BCUT2D eigenvalue weighted by molar-refractivity contribution is 7.13. The van der Waals surface area contributed by atoms with E-state index in [1.807, 2.05) is 55.6 Å². The van der Waals surface area contributed by atoms with Gasteiger partial charge in [0.2, 0.25) is 0 Å². The molecule has 0 atom stereocenters. The number of aryl methyl sites for hydroxylation is 1. The molecule has 1 N–H and O–H groups in total. The predicted molar refractivity (Wildman–Crippen MR) is 85.3 cm³/mol. The Labute approximate surface area is 127 Å². The first-order chi connectivity index (χ1) is 10.2. The van der Waals surface area contributed by atoms with Crippen LogP contribution in [-0.4, -0.2) is 15.5 Å². The summed E-state index contributed by atoms with van der Waals surface area (Å²) in [5.74, 6) is -0.125. The van der Waals surface area contributed by atoms with Crippen LogP contribution in [0.3, 0.4) is 0 Å². The number of benzene rings is 1. The molecule has 0 aliphatic rings. The number of nitrogens with one attached hydrogen (secondary N) is 1. The van der Waals surface area contributed by atoms with Crippen molar-refractivity contribution in [3.8, 4) is 5.69 Å². The number of para-hydroxylation sites is 1. The fourth-order valence-electron chi connectivity index (χ4n) is 2.42. The summed E-state index contributed by atoms with van der Waals surface area (Å²) in [6.45, 7) is 3.96. The molecule has 0 fully saturated rings. The van der Waals surface area contributed by atoms with Gasteiger partial charge in [0.25, 0.3) is 5.91 Å². The number of hydrogen-bond donors (Lipinski definition) is 1. The number of rotatable bonds is 3. The summed E-state index contributed by atoms with van der Waals surface area (Å²) >= 11 is 1.41. The molecule has 0 aliphatic carbocycles. The van der Waals surface area contributed by atoms with Crippen LogP contribution in [0.25, 0.3) is 5.69 Å². The maximum Gasteiger partial charge on any atom is 0.259 e. The van der Waals surface area contributed by atoms with Crippen LogP contribution in [0.15, 0.2) is 48.0 Å². The number of carbonyl (C=O) groups is 1. The number of anilines is 1. The number of thiazole rings is 1. The number of aromatic nitrogens is 2. The molecule has 1 aromatic carbocycles. The Morgan fingerprint density at radius 1 is 1.24 bits per heavy atom. The van der Waals surface area contributed by atoms with Gasteiger partial charge >= 0.3 is 0 Å². The van der Waals surface area contributed by atoms with E-state index >= 15 is 0 Å². The van der Waals surface area contributed by atoms with Crippen molar-refractivity contribution in [2.24, 2.45) is 0 Å². The molecule has 0 aliphatic heterocycles. The largest absolute Gasteiger partial charge is 0.318 e. The highest BCUT2D eigenvalue weighted by atomic mass is 32.1. The van der Waals surface area contributed by atoms with E-state index in [9.17, 15) is 4.79 Å². The van der Waals surface area contributed by atoms with Gasteiger partial charge in [0.05, 0.1) is 5.56 Å². The normalized spacial score (nSPS) is 10.6. The van der Waals surface area contributed by atoms with Crippen LogP contribution >= 0.6 is 11.3 Å². The van der Waals surface area contributed by atoms with Crippen molar-refractivity contribution in [3.05, 3.63) is 64.9 Å². The summed E-state index contributed by atoms with van der Waals surface area (Å²) in [7, 11) is 0. The molecule has 5 heteroatoms. The number of amides is 1. The Balaban J connectivity index is 1.96. The van der Waals surface area contributed by atoms with E-state index in [1.54, 1.807) is 6.20 Å². The third-order valence-corrected chi connectivity index (χ3v) is 4.03. The molecule has 0 spiro atoms. The standard InChI is InChI=1S/C16H15N3OS/c1-11-10-14(15(20)18-16-17-8-9-21-16)12(2)19(11)13-6-4-3-5-7-13/h3-10H,1-2H3,(H,17,18,20). The zero-order chi connectivity index (χ0) is 14.8. The van der Waals surface area contributed by atoms with Crippen LogP contribution < -0.4 is 5.32 Å². The first-order valence-corrected chi connectivity index (χ1v) is 7.50. The second-order valence-electron chi connectivity index (χ2n) is 4.75. The smallest absolute Gasteiger partial charge is 0.259 e. The molecule has 0 saturated heterocycles. The Morgan fingerprint density at radius 3 is 2.67 bits per heavy atom. The van der Waals surface area contributed by atoms with Gasteiger partial charge in [-0.2, -0.15) is 0 Å². The summed E-state index contributed by atoms with van der Waals surface area (Å²) in [6.07, 6.45) is 1.67. The van der Waals surface area contributed by atoms with Crippen molar-refractivity contribution in [1.82, 2.24) is 9.55 Å². The average molecular weight is 297 g/mol. The quantitative estimate of drug-likeness (QED) is 0.799. The maximum absolute atomic E-state index is 12.4. The molecular formula is C16H15N3OS. The minimum atomic E-state index is -0.125. The lowest BCUT2D eigenvalue weighted by molar-refractivity contribution is 0.102. The van der Waals surface area contributed by atoms with Crippen molar-refractivity contribution in [1.29, 1.82) is 0 Å². The van der Waals surface area contributed by atoms with E-state index in [-0.39, 0.29) is 5.91 Å². The van der Waals surface area contributed by atoms with Crippen LogP contribution in [0.1, 0.15) is 21.7 Å². The summed E-state index contributed by atoms with van der Waals surface area (Å²) in [5.41, 5.74) is 3.68. The van der Waals surface area contributed by atoms with Crippen molar-refractivity contribution in [2.75, 3.05) is 5.32 Å². The lowest BCUT2D eigenvalue weighted by Gasteiger charge is -2.09. The van der Waals surface area contributed by atoms with Gasteiger partial charge < -0.3 is 4.57 Å². The molecule has 2 aromatic heterocycles. The summed E-state index contributed by atoms with van der Waals surface area (Å²) in [4.78, 5) is 16.5. The molecule has 0 saturated carbocycles. The molecule has 0 bridgehead atoms. The van der Waals surface area contributed by atoms with Gasteiger partial charge in [-0.05, 0) is 32.0 Å². The summed E-state index contributed by atoms with van der Waals surface area (Å²) in [6, 6.07) is 11.9. The molecule has 1 amide bonds. The van der Waals surface area contributed by atoms with Gasteiger partial charge in [-0.25, -0.2) is 4.98 Å². The fraction of sp³-hybridized carbons (Fsp3) is 0.125. The first-order valence-electron chi connectivity index (χ1n) is 6.62. The number of hydrogen-bond acceptors (Lipinski definition) is 3. The minimum absolute atomic E-state index is 0.125. The molecule has 0 radical (unpaired) electrons. The summed E-state index contributed by atoms with van der Waals surface area (Å²) < 4.78 is 2.08. The zero-order valence-corrected chi connectivity index (χ0v) is 12.6. The monoisotopic (exact) mass is 297 g/mol. The molecule has 4 nitrogen and oxygen atoms in total. The highest BCUT2D eigenvalue weighted by Gasteiger charge is 2.17. The van der Waals surface area contributed by atoms with Crippen LogP contribution in [0.2, 0.25) is 0 Å². The van der Waals surface area contributed by atoms with Crippen molar-refractivity contribution >= 4 is 22.4 Å². The zero-order valence-electron chi connectivity index (χ0n) is 11.8. The second kappa shape index (κ2) is 5.54. The van der Waals surface area contributed by atoms with E-state index in [4.69, 9.17) is 0 Å². The van der Waals surface area contributed by atoms with Gasteiger partial charge in [0.1, 0.15) is 0 Å². The van der Waals surface area contributed by atoms with Crippen molar-refractivity contribution in [2.45, 2.75) is 13.8 Å². The van der Waals surface area contributed by atoms with E-state index < -0.39 is 0 Å². The van der Waals surface area contributed by atoms with E-state index in [2.05, 4.69) is 14.9 Å². The van der Waals surface area contributed by atoms with E-state index in [1.165, 1.54) is 11.3 Å². The van der Waals surface area contributed by atoms with Crippen LogP contribution in [0.4, 0.5) is 5.13 Å². The topological polar surface area (TPSA) is 46.9 Å². The third kappa shape index (κ3) is 2.60. The second-order valence-corrected chi connectivity index (χ2v) is 5.64. The Kier molecular flexibility index (Phi) is 3.58. The molecular weight excluding hydrogens is 282 g/mol. The van der Waals surface area contributed by atoms with E-state index in [0.29, 0.717) is 10.7 Å². The number of carbonyl (C=O) groups excluding carboxylic acids is 1. The molecule has 21 heavy (non-hydrogen) atoms. The van der Waals surface area contributed by atoms with Crippen LogP contribution in [-0.2, 0) is 0 Å². The molecule has 3 rings (SSSR count). The van der Waals surface area contributed by atoms with Gasteiger partial charge in [-0.1, -0.05) is 18.2 Å². The maximum atomic E-state index is 12.4. The summed E-state index contributed by atoms with van der Waals surface area (Å²) in [5, 5.41) is 5.28. The van der Waals surface area contributed by atoms with E-state index in [0.717, 1.165) is 17.1 Å². The molecule has 106 valence electrons. The Morgan fingerprint density at radius 2 is 2.00 bits per heavy atom. The Hall–Kier alpha value is -2.40. The van der Waals surface area contributed by atoms with Gasteiger partial charge in [-0.15, -0.1) is 11.3 Å². The molecule has 3 aromatic rings. The fourth-order valence-corrected chi connectivity index (χ4v) is 2.94. The Bertz CT molecular complexity index is 760. The van der Waals surface area contributed by atoms with Crippen molar-refractivity contribution < 1.29 is 4.79 Å². The van der Waals surface area contributed by atoms with Crippen LogP contribution in [0.5, 0.6) is 0 Å². The van der Waals surface area contributed by atoms with Gasteiger partial charge in [-0.3, -0.25) is 10.1 Å². The van der Waals surface area contributed by atoms with Gasteiger partial charge in [0, 0.05) is 28.7 Å². The predicted octanol–water partition coefficient (Wildman–Crippen LogP) is 3.80. The lowest BCUT2D eigenvalue weighted by atomic mass is 10.2. The first kappa shape index (κ1) is 13.6.